The maximum Gasteiger partial charge on any atom is 0.184 e. The SMILES string of the molecule is COc1c(C)ccc(N2CCCCC2)c1OC. The molecule has 1 aromatic rings. The van der Waals surface area contributed by atoms with Gasteiger partial charge in [0.25, 0.3) is 0 Å². The van der Waals surface area contributed by atoms with E-state index in [1.165, 1.54) is 19.3 Å². The molecule has 1 saturated heterocycles. The summed E-state index contributed by atoms with van der Waals surface area (Å²) in [5, 5.41) is 0. The van der Waals surface area contributed by atoms with Crippen LogP contribution in [-0.2, 0) is 0 Å². The number of anilines is 1. The van der Waals surface area contributed by atoms with Crippen molar-refractivity contribution in [2.75, 3.05) is 32.2 Å². The average Bonchev–Trinajstić information content (AvgIpc) is 2.39. The molecule has 0 aliphatic carbocycles. The molecule has 3 nitrogen and oxygen atoms in total. The number of nitrogens with zero attached hydrogens (tertiary/aromatic N) is 1. The van der Waals surface area contributed by atoms with Crippen LogP contribution in [0.5, 0.6) is 11.5 Å². The highest BCUT2D eigenvalue weighted by atomic mass is 16.5. The molecule has 0 unspecified atom stereocenters. The van der Waals surface area contributed by atoms with Crippen LogP contribution in [0.25, 0.3) is 0 Å². The lowest BCUT2D eigenvalue weighted by atomic mass is 10.1. The Hall–Kier alpha value is -1.38. The van der Waals surface area contributed by atoms with Crippen LogP contribution < -0.4 is 14.4 Å². The number of methoxy groups -OCH3 is 2. The van der Waals surface area contributed by atoms with Crippen LogP contribution in [-0.4, -0.2) is 27.3 Å². The van der Waals surface area contributed by atoms with Crippen molar-refractivity contribution in [2.45, 2.75) is 26.2 Å². The van der Waals surface area contributed by atoms with Crippen molar-refractivity contribution in [3.63, 3.8) is 0 Å². The van der Waals surface area contributed by atoms with Crippen molar-refractivity contribution < 1.29 is 9.47 Å². The monoisotopic (exact) mass is 235 g/mol. The highest BCUT2D eigenvalue weighted by Crippen LogP contribution is 2.40. The predicted octanol–water partition coefficient (Wildman–Crippen LogP) is 3.00. The molecule has 0 radical (unpaired) electrons. The number of piperidine rings is 1. The lowest BCUT2D eigenvalue weighted by Gasteiger charge is -2.30. The van der Waals surface area contributed by atoms with Crippen molar-refractivity contribution >= 4 is 5.69 Å². The Morgan fingerprint density at radius 3 is 2.18 bits per heavy atom. The first-order valence-electron chi connectivity index (χ1n) is 6.24. The largest absolute Gasteiger partial charge is 0.493 e. The van der Waals surface area contributed by atoms with Crippen LogP contribution in [0.3, 0.4) is 0 Å². The van der Waals surface area contributed by atoms with Gasteiger partial charge in [0.15, 0.2) is 11.5 Å². The van der Waals surface area contributed by atoms with Crippen molar-refractivity contribution in [1.29, 1.82) is 0 Å². The molecule has 0 spiro atoms. The maximum atomic E-state index is 5.53. The van der Waals surface area contributed by atoms with Crippen molar-refractivity contribution in [3.8, 4) is 11.5 Å². The highest BCUT2D eigenvalue weighted by Gasteiger charge is 2.19. The molecule has 1 heterocycles. The Kier molecular flexibility index (Phi) is 3.77. The van der Waals surface area contributed by atoms with Crippen molar-refractivity contribution in [1.82, 2.24) is 0 Å². The van der Waals surface area contributed by atoms with Crippen molar-refractivity contribution in [2.24, 2.45) is 0 Å². The average molecular weight is 235 g/mol. The number of hydrogen-bond donors (Lipinski definition) is 0. The Bertz CT molecular complexity index is 384. The summed E-state index contributed by atoms with van der Waals surface area (Å²) < 4.78 is 11.0. The second-order valence-electron chi connectivity index (χ2n) is 4.52. The summed E-state index contributed by atoms with van der Waals surface area (Å²) in [6, 6.07) is 4.24. The molecule has 17 heavy (non-hydrogen) atoms. The molecule has 0 atom stereocenters. The van der Waals surface area contributed by atoms with Gasteiger partial charge in [-0.05, 0) is 37.8 Å². The van der Waals surface area contributed by atoms with E-state index < -0.39 is 0 Å². The zero-order chi connectivity index (χ0) is 12.3. The summed E-state index contributed by atoms with van der Waals surface area (Å²) in [7, 11) is 3.41. The molecule has 3 heteroatoms. The molecule has 0 saturated carbocycles. The normalized spacial score (nSPS) is 15.8. The van der Waals surface area contributed by atoms with E-state index in [9.17, 15) is 0 Å². The molecule has 0 bridgehead atoms. The smallest absolute Gasteiger partial charge is 0.184 e. The van der Waals surface area contributed by atoms with Crippen LogP contribution in [0.4, 0.5) is 5.69 Å². The fraction of sp³-hybridized carbons (Fsp3) is 0.571. The molecule has 1 aliphatic heterocycles. The van der Waals surface area contributed by atoms with E-state index in [4.69, 9.17) is 9.47 Å². The topological polar surface area (TPSA) is 21.7 Å². The number of benzene rings is 1. The van der Waals surface area contributed by atoms with E-state index in [1.54, 1.807) is 14.2 Å². The first-order valence-corrected chi connectivity index (χ1v) is 6.24. The summed E-state index contributed by atoms with van der Waals surface area (Å²) in [5.74, 6) is 1.73. The Morgan fingerprint density at radius 2 is 1.59 bits per heavy atom. The minimum absolute atomic E-state index is 0.857. The molecular formula is C14H21NO2. The van der Waals surface area contributed by atoms with Gasteiger partial charge in [-0.15, -0.1) is 0 Å². The first-order chi connectivity index (χ1) is 8.27. The van der Waals surface area contributed by atoms with Crippen LogP contribution in [0, 0.1) is 6.92 Å². The molecule has 2 rings (SSSR count). The zero-order valence-electron chi connectivity index (χ0n) is 11.0. The minimum atomic E-state index is 0.857. The van der Waals surface area contributed by atoms with Gasteiger partial charge in [-0.3, -0.25) is 0 Å². The molecule has 94 valence electrons. The van der Waals surface area contributed by atoms with Gasteiger partial charge < -0.3 is 14.4 Å². The fourth-order valence-electron chi connectivity index (χ4n) is 2.49. The molecule has 1 aromatic carbocycles. The Balaban J connectivity index is 2.38. The lowest BCUT2D eigenvalue weighted by Crippen LogP contribution is -2.29. The zero-order valence-corrected chi connectivity index (χ0v) is 11.0. The Labute approximate surface area is 103 Å². The summed E-state index contributed by atoms with van der Waals surface area (Å²) in [6.45, 7) is 4.27. The lowest BCUT2D eigenvalue weighted by molar-refractivity contribution is 0.352. The maximum absolute atomic E-state index is 5.53. The molecule has 0 N–H and O–H groups in total. The van der Waals surface area contributed by atoms with E-state index in [0.29, 0.717) is 0 Å². The highest BCUT2D eigenvalue weighted by molar-refractivity contribution is 5.67. The number of hydrogen-bond acceptors (Lipinski definition) is 3. The van der Waals surface area contributed by atoms with Crippen LogP contribution in [0.2, 0.25) is 0 Å². The number of rotatable bonds is 3. The summed E-state index contributed by atoms with van der Waals surface area (Å²) >= 11 is 0. The first kappa shape index (κ1) is 12.1. The van der Waals surface area contributed by atoms with Crippen molar-refractivity contribution in [3.05, 3.63) is 17.7 Å². The van der Waals surface area contributed by atoms with Gasteiger partial charge in [0.2, 0.25) is 0 Å². The number of ether oxygens (including phenoxy) is 2. The van der Waals surface area contributed by atoms with Gasteiger partial charge in [-0.1, -0.05) is 6.07 Å². The van der Waals surface area contributed by atoms with Crippen LogP contribution in [0.15, 0.2) is 12.1 Å². The third-order valence-corrected chi connectivity index (χ3v) is 3.39. The number of aryl methyl sites for hydroxylation is 1. The summed E-state index contributed by atoms with van der Waals surface area (Å²) in [4.78, 5) is 2.39. The third kappa shape index (κ3) is 2.33. The van der Waals surface area contributed by atoms with Gasteiger partial charge in [0.05, 0.1) is 19.9 Å². The molecule has 0 amide bonds. The molecule has 1 aliphatic rings. The van der Waals surface area contributed by atoms with E-state index in [2.05, 4.69) is 17.0 Å². The molecular weight excluding hydrogens is 214 g/mol. The standard InChI is InChI=1S/C14H21NO2/c1-11-7-8-12(14(17-3)13(11)16-2)15-9-5-4-6-10-15/h7-8H,4-6,9-10H2,1-3H3. The van der Waals surface area contributed by atoms with Gasteiger partial charge in [0.1, 0.15) is 0 Å². The van der Waals surface area contributed by atoms with E-state index in [0.717, 1.165) is 35.8 Å². The third-order valence-electron chi connectivity index (χ3n) is 3.39. The predicted molar refractivity (Wildman–Crippen MR) is 70.3 cm³/mol. The minimum Gasteiger partial charge on any atom is -0.493 e. The molecule has 1 fully saturated rings. The summed E-state index contributed by atoms with van der Waals surface area (Å²) in [6.07, 6.45) is 3.86. The second-order valence-corrected chi connectivity index (χ2v) is 4.52. The fourth-order valence-corrected chi connectivity index (χ4v) is 2.49. The van der Waals surface area contributed by atoms with Gasteiger partial charge >= 0.3 is 0 Å². The quantitative estimate of drug-likeness (QED) is 0.804. The molecule has 0 aromatic heterocycles. The van der Waals surface area contributed by atoms with Crippen LogP contribution >= 0.6 is 0 Å². The van der Waals surface area contributed by atoms with E-state index in [1.807, 2.05) is 6.92 Å². The van der Waals surface area contributed by atoms with Gasteiger partial charge in [-0.2, -0.15) is 0 Å². The van der Waals surface area contributed by atoms with Gasteiger partial charge in [-0.25, -0.2) is 0 Å². The second kappa shape index (κ2) is 5.30. The summed E-state index contributed by atoms with van der Waals surface area (Å²) in [5.41, 5.74) is 2.28. The van der Waals surface area contributed by atoms with E-state index >= 15 is 0 Å². The van der Waals surface area contributed by atoms with Gasteiger partial charge in [0, 0.05) is 13.1 Å². The Morgan fingerprint density at radius 1 is 0.941 bits per heavy atom. The van der Waals surface area contributed by atoms with Crippen LogP contribution in [0.1, 0.15) is 24.8 Å². The van der Waals surface area contributed by atoms with E-state index in [-0.39, 0.29) is 0 Å².